The number of para-hydroxylation sites is 1. The molecule has 1 aromatic heterocycles. The van der Waals surface area contributed by atoms with E-state index in [1.807, 2.05) is 35.9 Å². The second-order valence-electron chi connectivity index (χ2n) is 6.48. The van der Waals surface area contributed by atoms with Crippen molar-refractivity contribution in [3.63, 3.8) is 0 Å². The molecule has 25 heavy (non-hydrogen) atoms. The van der Waals surface area contributed by atoms with Crippen LogP contribution in [0.5, 0.6) is 0 Å². The van der Waals surface area contributed by atoms with Crippen molar-refractivity contribution in [2.75, 3.05) is 4.90 Å². The molecule has 2 aromatic carbocycles. The first kappa shape index (κ1) is 17.6. The molecule has 0 saturated heterocycles. The summed E-state index contributed by atoms with van der Waals surface area (Å²) in [6.07, 6.45) is 0. The third-order valence-corrected chi connectivity index (χ3v) is 4.65. The molecule has 0 amide bonds. The summed E-state index contributed by atoms with van der Waals surface area (Å²) in [5.74, 6) is 1.53. The fraction of sp³-hybridized carbons (Fsp3) is 0.286. The number of hydrogen-bond donors (Lipinski definition) is 0. The van der Waals surface area contributed by atoms with Crippen molar-refractivity contribution >= 4 is 17.4 Å². The SMILES string of the molecule is Cc1nn(-c2ccccc2)c(N(Cc2ccccc2)C(C)C)c1CCl. The molecule has 1 heterocycles. The van der Waals surface area contributed by atoms with Gasteiger partial charge in [0.15, 0.2) is 0 Å². The molecule has 0 unspecified atom stereocenters. The molecule has 3 nitrogen and oxygen atoms in total. The van der Waals surface area contributed by atoms with Gasteiger partial charge in [-0.05, 0) is 38.5 Å². The first-order valence-electron chi connectivity index (χ1n) is 8.62. The Kier molecular flexibility index (Phi) is 5.44. The second-order valence-corrected chi connectivity index (χ2v) is 6.74. The average Bonchev–Trinajstić information content (AvgIpc) is 2.97. The number of aromatic nitrogens is 2. The molecule has 0 radical (unpaired) electrons. The maximum Gasteiger partial charge on any atom is 0.137 e. The van der Waals surface area contributed by atoms with Gasteiger partial charge in [0, 0.05) is 18.2 Å². The number of alkyl halides is 1. The summed E-state index contributed by atoms with van der Waals surface area (Å²) in [4.78, 5) is 2.38. The number of aryl methyl sites for hydroxylation is 1. The summed E-state index contributed by atoms with van der Waals surface area (Å²) in [6, 6.07) is 21.1. The molecule has 0 saturated carbocycles. The van der Waals surface area contributed by atoms with E-state index in [1.165, 1.54) is 5.56 Å². The lowest BCUT2D eigenvalue weighted by atomic mass is 10.1. The second kappa shape index (κ2) is 7.75. The fourth-order valence-corrected chi connectivity index (χ4v) is 3.34. The summed E-state index contributed by atoms with van der Waals surface area (Å²) >= 11 is 6.31. The summed E-state index contributed by atoms with van der Waals surface area (Å²) in [7, 11) is 0. The number of anilines is 1. The van der Waals surface area contributed by atoms with Crippen LogP contribution in [0.15, 0.2) is 60.7 Å². The number of hydrogen-bond acceptors (Lipinski definition) is 2. The van der Waals surface area contributed by atoms with Crippen LogP contribution >= 0.6 is 11.6 Å². The largest absolute Gasteiger partial charge is 0.349 e. The van der Waals surface area contributed by atoms with Gasteiger partial charge in [0.25, 0.3) is 0 Å². The number of nitrogens with zero attached hydrogens (tertiary/aromatic N) is 3. The molecule has 0 spiro atoms. The zero-order valence-corrected chi connectivity index (χ0v) is 15.7. The Morgan fingerprint density at radius 1 is 1.00 bits per heavy atom. The zero-order valence-electron chi connectivity index (χ0n) is 15.0. The Morgan fingerprint density at radius 2 is 1.60 bits per heavy atom. The molecule has 0 fully saturated rings. The minimum Gasteiger partial charge on any atom is -0.349 e. The van der Waals surface area contributed by atoms with Crippen LogP contribution in [0, 0.1) is 6.92 Å². The summed E-state index contributed by atoms with van der Waals surface area (Å²) in [5, 5.41) is 4.79. The van der Waals surface area contributed by atoms with Gasteiger partial charge in [-0.25, -0.2) is 4.68 Å². The van der Waals surface area contributed by atoms with Crippen LogP contribution in [0.2, 0.25) is 0 Å². The number of rotatable bonds is 6. The molecular formula is C21H24ClN3. The molecule has 3 rings (SSSR count). The summed E-state index contributed by atoms with van der Waals surface area (Å²) in [5.41, 5.74) is 4.40. The van der Waals surface area contributed by atoms with Gasteiger partial charge in [-0.2, -0.15) is 5.10 Å². The summed E-state index contributed by atoms with van der Waals surface area (Å²) < 4.78 is 2.02. The van der Waals surface area contributed by atoms with Crippen LogP contribution in [0.25, 0.3) is 5.69 Å². The van der Waals surface area contributed by atoms with E-state index >= 15 is 0 Å². The van der Waals surface area contributed by atoms with E-state index in [-0.39, 0.29) is 0 Å². The van der Waals surface area contributed by atoms with E-state index < -0.39 is 0 Å². The minimum absolute atomic E-state index is 0.320. The Labute approximate surface area is 154 Å². The lowest BCUT2D eigenvalue weighted by Gasteiger charge is -2.30. The van der Waals surface area contributed by atoms with Crippen molar-refractivity contribution in [2.24, 2.45) is 0 Å². The number of benzene rings is 2. The molecule has 0 bridgehead atoms. The molecule has 0 aliphatic rings. The highest BCUT2D eigenvalue weighted by Crippen LogP contribution is 2.31. The third-order valence-electron chi connectivity index (χ3n) is 4.38. The first-order valence-corrected chi connectivity index (χ1v) is 9.15. The van der Waals surface area contributed by atoms with Gasteiger partial charge in [-0.15, -0.1) is 11.6 Å². The monoisotopic (exact) mass is 353 g/mol. The van der Waals surface area contributed by atoms with Crippen molar-refractivity contribution in [1.29, 1.82) is 0 Å². The van der Waals surface area contributed by atoms with Gasteiger partial charge in [-0.3, -0.25) is 0 Å². The smallest absolute Gasteiger partial charge is 0.137 e. The number of halogens is 1. The van der Waals surface area contributed by atoms with E-state index in [2.05, 4.69) is 55.1 Å². The lowest BCUT2D eigenvalue weighted by Crippen LogP contribution is -2.32. The standard InChI is InChI=1S/C21H24ClN3/c1-16(2)24(15-18-10-6-4-7-11-18)21-20(14-22)17(3)23-25(21)19-12-8-5-9-13-19/h4-13,16H,14-15H2,1-3H3. The Bertz CT molecular complexity index is 810. The van der Waals surface area contributed by atoms with Crippen LogP contribution in [0.1, 0.15) is 30.7 Å². The molecule has 0 N–H and O–H groups in total. The van der Waals surface area contributed by atoms with Gasteiger partial charge >= 0.3 is 0 Å². The maximum absolute atomic E-state index is 6.31. The molecule has 130 valence electrons. The normalized spacial score (nSPS) is 11.1. The van der Waals surface area contributed by atoms with Crippen LogP contribution < -0.4 is 4.90 Å². The predicted molar refractivity (Wildman–Crippen MR) is 106 cm³/mol. The highest BCUT2D eigenvalue weighted by molar-refractivity contribution is 6.17. The zero-order chi connectivity index (χ0) is 17.8. The molecule has 3 aromatic rings. The van der Waals surface area contributed by atoms with Gasteiger partial charge in [-0.1, -0.05) is 48.5 Å². The molecular weight excluding hydrogens is 330 g/mol. The van der Waals surface area contributed by atoms with Crippen molar-refractivity contribution in [1.82, 2.24) is 9.78 Å². The lowest BCUT2D eigenvalue weighted by molar-refractivity contribution is 0.653. The maximum atomic E-state index is 6.31. The molecule has 0 aliphatic heterocycles. The van der Waals surface area contributed by atoms with Crippen molar-refractivity contribution in [3.05, 3.63) is 77.5 Å². The molecule has 0 aliphatic carbocycles. The van der Waals surface area contributed by atoms with E-state index in [1.54, 1.807) is 0 Å². The van der Waals surface area contributed by atoms with E-state index in [0.29, 0.717) is 11.9 Å². The van der Waals surface area contributed by atoms with E-state index in [9.17, 15) is 0 Å². The van der Waals surface area contributed by atoms with Crippen LogP contribution in [-0.2, 0) is 12.4 Å². The van der Waals surface area contributed by atoms with Crippen LogP contribution in [0.4, 0.5) is 5.82 Å². The van der Waals surface area contributed by atoms with Crippen molar-refractivity contribution in [2.45, 2.75) is 39.2 Å². The summed E-state index contributed by atoms with van der Waals surface area (Å²) in [6.45, 7) is 7.26. The van der Waals surface area contributed by atoms with Crippen molar-refractivity contribution < 1.29 is 0 Å². The molecule has 4 heteroatoms. The highest BCUT2D eigenvalue weighted by atomic mass is 35.5. The highest BCUT2D eigenvalue weighted by Gasteiger charge is 2.23. The van der Waals surface area contributed by atoms with Crippen LogP contribution in [0.3, 0.4) is 0 Å². The predicted octanol–water partition coefficient (Wildman–Crippen LogP) is 5.33. The Balaban J connectivity index is 2.11. The average molecular weight is 354 g/mol. The van der Waals surface area contributed by atoms with Gasteiger partial charge < -0.3 is 4.90 Å². The Hall–Kier alpha value is -2.26. The topological polar surface area (TPSA) is 21.1 Å². The van der Waals surface area contributed by atoms with E-state index in [0.717, 1.165) is 29.3 Å². The minimum atomic E-state index is 0.320. The quantitative estimate of drug-likeness (QED) is 0.558. The fourth-order valence-electron chi connectivity index (χ4n) is 3.03. The molecule has 0 atom stereocenters. The Morgan fingerprint density at radius 3 is 2.16 bits per heavy atom. The van der Waals surface area contributed by atoms with Gasteiger partial charge in [0.1, 0.15) is 5.82 Å². The van der Waals surface area contributed by atoms with Gasteiger partial charge in [0.05, 0.1) is 17.3 Å². The van der Waals surface area contributed by atoms with E-state index in [4.69, 9.17) is 16.7 Å². The van der Waals surface area contributed by atoms with Crippen molar-refractivity contribution in [3.8, 4) is 5.69 Å². The third kappa shape index (κ3) is 3.72. The first-order chi connectivity index (χ1) is 12.1. The van der Waals surface area contributed by atoms with Crippen LogP contribution in [-0.4, -0.2) is 15.8 Å². The van der Waals surface area contributed by atoms with Gasteiger partial charge in [0.2, 0.25) is 0 Å².